The van der Waals surface area contributed by atoms with E-state index in [0.717, 1.165) is 98.6 Å². The summed E-state index contributed by atoms with van der Waals surface area (Å²) in [6.45, 7) is 0. The molecule has 0 aliphatic heterocycles. The highest BCUT2D eigenvalue weighted by Gasteiger charge is 2.26. The number of benzene rings is 9. The molecule has 4 heterocycles. The number of nitrogens with zero attached hydrogens (tertiary/aromatic N) is 6. The summed E-state index contributed by atoms with van der Waals surface area (Å²) in [4.78, 5) is 0. The molecule has 0 atom stereocenters. The Morgan fingerprint density at radius 3 is 0.855 bits per heavy atom. The Labute approximate surface area is 354 Å². The third-order valence-electron chi connectivity index (χ3n) is 12.8. The number of para-hydroxylation sites is 6. The monoisotopic (exact) mass is 788 g/mol. The van der Waals surface area contributed by atoms with Crippen molar-refractivity contribution in [1.29, 1.82) is 10.5 Å². The first-order valence-corrected chi connectivity index (χ1v) is 20.7. The SMILES string of the molecule is N#Cc1c(-n2c3ccccc3c3c4c5ccccc5n(-c5ccccc5)c4ccc32)ccc(-n2c3ccccc3c3c4c5ccccc5n(-c5ccccc5)c4ccc32)c1C#N. The average Bonchev–Trinajstić information content (AvgIpc) is 4.06. The lowest BCUT2D eigenvalue weighted by Gasteiger charge is -2.16. The van der Waals surface area contributed by atoms with Crippen LogP contribution in [0.5, 0.6) is 0 Å². The van der Waals surface area contributed by atoms with Crippen molar-refractivity contribution in [3.8, 4) is 34.9 Å². The molecule has 0 N–H and O–H groups in total. The van der Waals surface area contributed by atoms with E-state index in [9.17, 15) is 10.5 Å². The predicted molar refractivity (Wildman–Crippen MR) is 253 cm³/mol. The molecule has 0 spiro atoms. The molecule has 9 aromatic carbocycles. The van der Waals surface area contributed by atoms with E-state index in [2.05, 4.69) is 188 Å². The lowest BCUT2D eigenvalue weighted by Crippen LogP contribution is -2.05. The van der Waals surface area contributed by atoms with Gasteiger partial charge in [-0.2, -0.15) is 10.5 Å². The summed E-state index contributed by atoms with van der Waals surface area (Å²) >= 11 is 0. The first-order chi connectivity index (χ1) is 30.7. The van der Waals surface area contributed by atoms with Gasteiger partial charge in [0.05, 0.1) is 66.6 Å². The normalized spacial score (nSPS) is 11.8. The van der Waals surface area contributed by atoms with E-state index in [1.54, 1.807) is 0 Å². The smallest absolute Gasteiger partial charge is 0.103 e. The predicted octanol–water partition coefficient (Wildman–Crippen LogP) is 13.8. The van der Waals surface area contributed by atoms with E-state index in [4.69, 9.17) is 0 Å². The van der Waals surface area contributed by atoms with Crippen LogP contribution in [0.2, 0.25) is 0 Å². The molecule has 0 fully saturated rings. The second-order valence-electron chi connectivity index (χ2n) is 15.9. The van der Waals surface area contributed by atoms with Gasteiger partial charge in [0.1, 0.15) is 12.1 Å². The molecule has 62 heavy (non-hydrogen) atoms. The van der Waals surface area contributed by atoms with Gasteiger partial charge in [-0.15, -0.1) is 0 Å². The summed E-state index contributed by atoms with van der Waals surface area (Å²) in [7, 11) is 0. The minimum Gasteiger partial charge on any atom is -0.309 e. The summed E-state index contributed by atoms with van der Waals surface area (Å²) in [6, 6.07) is 72.8. The summed E-state index contributed by atoms with van der Waals surface area (Å²) in [5.74, 6) is 0. The Hall–Kier alpha value is -8.84. The zero-order valence-electron chi connectivity index (χ0n) is 33.2. The Morgan fingerprint density at radius 2 is 0.532 bits per heavy atom. The summed E-state index contributed by atoms with van der Waals surface area (Å²) < 4.78 is 9.02. The molecule has 0 saturated carbocycles. The second-order valence-corrected chi connectivity index (χ2v) is 15.9. The molecule has 0 bridgehead atoms. The molecular weight excluding hydrogens is 757 g/mol. The lowest BCUT2D eigenvalue weighted by molar-refractivity contribution is 1.12. The van der Waals surface area contributed by atoms with Crippen LogP contribution in [0.4, 0.5) is 0 Å². The van der Waals surface area contributed by atoms with Crippen molar-refractivity contribution in [1.82, 2.24) is 18.3 Å². The third kappa shape index (κ3) is 4.45. The molecule has 286 valence electrons. The van der Waals surface area contributed by atoms with Crippen molar-refractivity contribution in [2.75, 3.05) is 0 Å². The quantitative estimate of drug-likeness (QED) is 0.178. The van der Waals surface area contributed by atoms with Crippen LogP contribution >= 0.6 is 0 Å². The highest BCUT2D eigenvalue weighted by Crippen LogP contribution is 2.45. The molecule has 0 saturated heterocycles. The van der Waals surface area contributed by atoms with Gasteiger partial charge >= 0.3 is 0 Å². The van der Waals surface area contributed by atoms with Gasteiger partial charge in [0.2, 0.25) is 0 Å². The maximum Gasteiger partial charge on any atom is 0.103 e. The van der Waals surface area contributed by atoms with E-state index in [1.165, 1.54) is 0 Å². The van der Waals surface area contributed by atoms with Crippen LogP contribution in [0.25, 0.3) is 110 Å². The molecule has 6 nitrogen and oxygen atoms in total. The Balaban J connectivity index is 1.10. The van der Waals surface area contributed by atoms with Gasteiger partial charge in [0, 0.05) is 54.5 Å². The molecule has 0 unspecified atom stereocenters. The van der Waals surface area contributed by atoms with Crippen molar-refractivity contribution in [3.05, 3.63) is 205 Å². The summed E-state index contributed by atoms with van der Waals surface area (Å²) in [5.41, 5.74) is 12.5. The minimum atomic E-state index is 0.326. The zero-order valence-corrected chi connectivity index (χ0v) is 33.2. The van der Waals surface area contributed by atoms with Crippen LogP contribution < -0.4 is 0 Å². The molecule has 0 amide bonds. The van der Waals surface area contributed by atoms with Gasteiger partial charge in [-0.3, -0.25) is 0 Å². The first kappa shape index (κ1) is 34.1. The van der Waals surface area contributed by atoms with Crippen LogP contribution in [0.15, 0.2) is 194 Å². The van der Waals surface area contributed by atoms with Gasteiger partial charge < -0.3 is 18.3 Å². The van der Waals surface area contributed by atoms with Crippen LogP contribution in [0.1, 0.15) is 11.1 Å². The largest absolute Gasteiger partial charge is 0.309 e. The van der Waals surface area contributed by atoms with Crippen molar-refractivity contribution in [2.45, 2.75) is 0 Å². The number of nitriles is 2. The fraction of sp³-hybridized carbons (Fsp3) is 0. The minimum absolute atomic E-state index is 0.326. The number of aromatic nitrogens is 4. The topological polar surface area (TPSA) is 67.3 Å². The number of hydrogen-bond acceptors (Lipinski definition) is 2. The fourth-order valence-corrected chi connectivity index (χ4v) is 10.4. The van der Waals surface area contributed by atoms with Crippen LogP contribution in [0.3, 0.4) is 0 Å². The Morgan fingerprint density at radius 1 is 0.258 bits per heavy atom. The average molecular weight is 789 g/mol. The molecule has 0 aliphatic carbocycles. The van der Waals surface area contributed by atoms with Crippen molar-refractivity contribution < 1.29 is 0 Å². The van der Waals surface area contributed by atoms with E-state index >= 15 is 0 Å². The molecule has 13 rings (SSSR count). The molecule has 13 aromatic rings. The van der Waals surface area contributed by atoms with Crippen LogP contribution in [0, 0.1) is 22.7 Å². The van der Waals surface area contributed by atoms with Crippen LogP contribution in [-0.2, 0) is 0 Å². The summed E-state index contributed by atoms with van der Waals surface area (Å²) in [5, 5.41) is 31.4. The van der Waals surface area contributed by atoms with Gasteiger partial charge in [-0.25, -0.2) is 0 Å². The van der Waals surface area contributed by atoms with E-state index in [1.807, 2.05) is 36.4 Å². The van der Waals surface area contributed by atoms with E-state index < -0.39 is 0 Å². The third-order valence-corrected chi connectivity index (χ3v) is 12.8. The van der Waals surface area contributed by atoms with E-state index in [-0.39, 0.29) is 0 Å². The fourth-order valence-electron chi connectivity index (χ4n) is 10.4. The maximum atomic E-state index is 11.2. The Kier molecular flexibility index (Phi) is 7.05. The molecule has 0 aliphatic rings. The zero-order chi connectivity index (χ0) is 41.1. The van der Waals surface area contributed by atoms with E-state index in [0.29, 0.717) is 22.5 Å². The first-order valence-electron chi connectivity index (χ1n) is 20.7. The number of fused-ring (bicyclic) bond motifs is 14. The molecule has 6 heteroatoms. The highest BCUT2D eigenvalue weighted by atomic mass is 15.0. The number of rotatable bonds is 4. The standard InChI is InChI=1S/C56H32N6/c57-33-41-42(34-58)48(62-46-26-14-10-22-40(46)56-52(62)32-30-50-54(56)38-20-8-12-24-44(38)60(50)36-17-5-2-6-18-36)28-27-47(41)61-45-25-13-9-21-39(45)55-51(61)31-29-49-53(55)37-19-7-11-23-43(37)59(49)35-15-3-1-4-16-35/h1-32H. The Bertz CT molecular complexity index is 3840. The maximum absolute atomic E-state index is 11.2. The highest BCUT2D eigenvalue weighted by molar-refractivity contribution is 6.30. The van der Waals surface area contributed by atoms with Crippen molar-refractivity contribution in [3.63, 3.8) is 0 Å². The van der Waals surface area contributed by atoms with Gasteiger partial charge in [0.25, 0.3) is 0 Å². The van der Waals surface area contributed by atoms with Gasteiger partial charge in [-0.05, 0) is 84.9 Å². The molecule has 4 aromatic heterocycles. The van der Waals surface area contributed by atoms with Gasteiger partial charge in [-0.1, -0.05) is 109 Å². The van der Waals surface area contributed by atoms with Gasteiger partial charge in [0.15, 0.2) is 0 Å². The lowest BCUT2D eigenvalue weighted by atomic mass is 10.0. The van der Waals surface area contributed by atoms with Crippen LogP contribution in [-0.4, -0.2) is 18.3 Å². The summed E-state index contributed by atoms with van der Waals surface area (Å²) in [6.07, 6.45) is 0. The second kappa shape index (κ2) is 12.8. The van der Waals surface area contributed by atoms with Crippen molar-refractivity contribution in [2.24, 2.45) is 0 Å². The molecule has 0 radical (unpaired) electrons. The molecular formula is C56H32N6. The van der Waals surface area contributed by atoms with Crippen molar-refractivity contribution >= 4 is 87.2 Å². The number of hydrogen-bond donors (Lipinski definition) is 0.